The van der Waals surface area contributed by atoms with Crippen LogP contribution in [0.5, 0.6) is 5.75 Å². The monoisotopic (exact) mass is 399 g/mol. The number of halogens is 3. The molecule has 0 fully saturated rings. The third-order valence-corrected chi connectivity index (χ3v) is 4.05. The van der Waals surface area contributed by atoms with E-state index in [9.17, 15) is 18.0 Å². The number of fused-ring (bicyclic) bond motifs is 1. The van der Waals surface area contributed by atoms with Crippen molar-refractivity contribution in [3.8, 4) is 16.9 Å². The van der Waals surface area contributed by atoms with Crippen molar-refractivity contribution in [3.05, 3.63) is 77.1 Å². The molecule has 2 aromatic carbocycles. The van der Waals surface area contributed by atoms with Crippen LogP contribution in [0.3, 0.4) is 0 Å². The zero-order chi connectivity index (χ0) is 20.4. The first-order valence-corrected chi connectivity index (χ1v) is 8.39. The number of rotatable bonds is 4. The minimum absolute atomic E-state index is 0.0658. The van der Waals surface area contributed by atoms with Crippen molar-refractivity contribution < 1.29 is 17.9 Å². The average Bonchev–Trinajstić information content (AvgIpc) is 2.70. The predicted molar refractivity (Wildman–Crippen MR) is 97.1 cm³/mol. The molecular formula is C19H12F3N5O2. The van der Waals surface area contributed by atoms with Gasteiger partial charge in [-0.25, -0.2) is 14.6 Å². The van der Waals surface area contributed by atoms with Crippen LogP contribution in [-0.2, 0) is 6.54 Å². The Balaban J connectivity index is 1.68. The quantitative estimate of drug-likeness (QED) is 0.524. The molecule has 7 nitrogen and oxygen atoms in total. The second kappa shape index (κ2) is 7.30. The SMILES string of the molecule is O=c1c2cc(-c3ccc(OC(F)(F)F)cc3)ccc2nnn1Cc1ncccn1. The molecule has 0 aliphatic rings. The molecule has 29 heavy (non-hydrogen) atoms. The fraction of sp³-hybridized carbons (Fsp3) is 0.105. The normalized spacial score (nSPS) is 11.6. The lowest BCUT2D eigenvalue weighted by atomic mass is 10.0. The van der Waals surface area contributed by atoms with Crippen molar-refractivity contribution in [2.24, 2.45) is 0 Å². The number of ether oxygens (including phenoxy) is 1. The largest absolute Gasteiger partial charge is 0.573 e. The first kappa shape index (κ1) is 18.5. The van der Waals surface area contributed by atoms with E-state index in [2.05, 4.69) is 25.0 Å². The van der Waals surface area contributed by atoms with Crippen LogP contribution in [0.2, 0.25) is 0 Å². The zero-order valence-electron chi connectivity index (χ0n) is 14.7. The van der Waals surface area contributed by atoms with Crippen LogP contribution in [0.1, 0.15) is 5.82 Å². The highest BCUT2D eigenvalue weighted by atomic mass is 19.4. The molecule has 4 aromatic rings. The predicted octanol–water partition coefficient (Wildman–Crippen LogP) is 3.20. The van der Waals surface area contributed by atoms with Crippen LogP contribution < -0.4 is 10.3 Å². The summed E-state index contributed by atoms with van der Waals surface area (Å²) in [7, 11) is 0. The highest BCUT2D eigenvalue weighted by molar-refractivity contribution is 5.83. The van der Waals surface area contributed by atoms with Gasteiger partial charge in [-0.1, -0.05) is 23.4 Å². The molecule has 2 heterocycles. The lowest BCUT2D eigenvalue weighted by Crippen LogP contribution is -2.25. The standard InChI is InChI=1S/C19H12F3N5O2/c20-19(21,22)29-14-5-2-12(3-6-14)13-4-7-16-15(10-13)18(28)27(26-25-16)11-17-23-8-1-9-24-17/h1-10H,11H2. The maximum absolute atomic E-state index is 12.8. The summed E-state index contributed by atoms with van der Waals surface area (Å²) in [5.41, 5.74) is 1.29. The van der Waals surface area contributed by atoms with Crippen molar-refractivity contribution >= 4 is 10.9 Å². The number of hydrogen-bond donors (Lipinski definition) is 0. The van der Waals surface area contributed by atoms with Gasteiger partial charge in [0.05, 0.1) is 5.39 Å². The molecule has 0 atom stereocenters. The van der Waals surface area contributed by atoms with Crippen molar-refractivity contribution in [2.45, 2.75) is 12.9 Å². The summed E-state index contributed by atoms with van der Waals surface area (Å²) in [6, 6.07) is 12.0. The molecule has 146 valence electrons. The molecule has 0 amide bonds. The van der Waals surface area contributed by atoms with Crippen LogP contribution in [0, 0.1) is 0 Å². The highest BCUT2D eigenvalue weighted by Crippen LogP contribution is 2.27. The van der Waals surface area contributed by atoms with E-state index in [4.69, 9.17) is 0 Å². The molecule has 10 heteroatoms. The molecule has 0 bridgehead atoms. The zero-order valence-corrected chi connectivity index (χ0v) is 14.7. The summed E-state index contributed by atoms with van der Waals surface area (Å²) in [6.45, 7) is 0.0658. The summed E-state index contributed by atoms with van der Waals surface area (Å²) in [4.78, 5) is 20.9. The molecule has 0 aliphatic heterocycles. The van der Waals surface area contributed by atoms with Gasteiger partial charge in [-0.05, 0) is 41.5 Å². The minimum atomic E-state index is -4.75. The number of nitrogens with zero attached hydrogens (tertiary/aromatic N) is 5. The summed E-state index contributed by atoms with van der Waals surface area (Å²) in [5, 5.41) is 8.26. The van der Waals surface area contributed by atoms with Gasteiger partial charge in [0, 0.05) is 12.4 Å². The van der Waals surface area contributed by atoms with E-state index in [1.54, 1.807) is 36.7 Å². The molecule has 2 aromatic heterocycles. The van der Waals surface area contributed by atoms with Crippen molar-refractivity contribution in [2.75, 3.05) is 0 Å². The van der Waals surface area contributed by atoms with Gasteiger partial charge in [-0.2, -0.15) is 0 Å². The molecule has 0 aliphatic carbocycles. The lowest BCUT2D eigenvalue weighted by Gasteiger charge is -2.10. The van der Waals surface area contributed by atoms with E-state index in [-0.39, 0.29) is 17.9 Å². The Bertz CT molecular complexity index is 1210. The number of benzene rings is 2. The van der Waals surface area contributed by atoms with Gasteiger partial charge in [-0.3, -0.25) is 4.79 Å². The Kier molecular flexibility index (Phi) is 4.67. The van der Waals surface area contributed by atoms with Gasteiger partial charge in [0.25, 0.3) is 5.56 Å². The number of aromatic nitrogens is 5. The first-order valence-electron chi connectivity index (χ1n) is 8.39. The maximum Gasteiger partial charge on any atom is 0.573 e. The fourth-order valence-electron chi connectivity index (χ4n) is 2.75. The van der Waals surface area contributed by atoms with Crippen LogP contribution in [0.15, 0.2) is 65.7 Å². The Labute approximate surface area is 161 Å². The topological polar surface area (TPSA) is 82.8 Å². The summed E-state index contributed by atoms with van der Waals surface area (Å²) >= 11 is 0. The molecule has 0 unspecified atom stereocenters. The maximum atomic E-state index is 12.8. The molecule has 4 rings (SSSR count). The molecular weight excluding hydrogens is 387 g/mol. The van der Waals surface area contributed by atoms with Crippen molar-refractivity contribution in [1.82, 2.24) is 25.0 Å². The third kappa shape index (κ3) is 4.21. The molecule has 0 saturated carbocycles. The van der Waals surface area contributed by atoms with Crippen molar-refractivity contribution in [1.29, 1.82) is 0 Å². The average molecular weight is 399 g/mol. The van der Waals surface area contributed by atoms with Gasteiger partial charge in [0.15, 0.2) is 0 Å². The summed E-state index contributed by atoms with van der Waals surface area (Å²) in [5.74, 6) is 0.0952. The van der Waals surface area contributed by atoms with E-state index in [1.165, 1.54) is 24.3 Å². The van der Waals surface area contributed by atoms with E-state index in [0.29, 0.717) is 27.9 Å². The first-order chi connectivity index (χ1) is 13.9. The van der Waals surface area contributed by atoms with E-state index in [0.717, 1.165) is 4.68 Å². The van der Waals surface area contributed by atoms with Gasteiger partial charge < -0.3 is 4.74 Å². The highest BCUT2D eigenvalue weighted by Gasteiger charge is 2.30. The van der Waals surface area contributed by atoms with Gasteiger partial charge in [0.1, 0.15) is 23.6 Å². The van der Waals surface area contributed by atoms with Crippen LogP contribution in [0.4, 0.5) is 13.2 Å². The molecule has 0 N–H and O–H groups in total. The summed E-state index contributed by atoms with van der Waals surface area (Å²) < 4.78 is 41.9. The van der Waals surface area contributed by atoms with Gasteiger partial charge in [-0.15, -0.1) is 18.3 Å². The van der Waals surface area contributed by atoms with Crippen LogP contribution >= 0.6 is 0 Å². The Morgan fingerprint density at radius 3 is 2.34 bits per heavy atom. The minimum Gasteiger partial charge on any atom is -0.406 e. The summed E-state index contributed by atoms with van der Waals surface area (Å²) in [6.07, 6.45) is -1.63. The molecule has 0 radical (unpaired) electrons. The smallest absolute Gasteiger partial charge is 0.406 e. The van der Waals surface area contributed by atoms with Crippen molar-refractivity contribution in [3.63, 3.8) is 0 Å². The third-order valence-electron chi connectivity index (χ3n) is 4.05. The second-order valence-corrected chi connectivity index (χ2v) is 6.02. The second-order valence-electron chi connectivity index (χ2n) is 6.02. The van der Waals surface area contributed by atoms with Gasteiger partial charge >= 0.3 is 6.36 Å². The molecule has 0 spiro atoms. The number of hydrogen-bond acceptors (Lipinski definition) is 6. The van der Waals surface area contributed by atoms with Gasteiger partial charge in [0.2, 0.25) is 0 Å². The van der Waals surface area contributed by atoms with E-state index < -0.39 is 6.36 Å². The van der Waals surface area contributed by atoms with Crippen LogP contribution in [0.25, 0.3) is 22.0 Å². The lowest BCUT2D eigenvalue weighted by molar-refractivity contribution is -0.274. The van der Waals surface area contributed by atoms with E-state index >= 15 is 0 Å². The van der Waals surface area contributed by atoms with Crippen LogP contribution in [-0.4, -0.2) is 31.3 Å². The Hall–Kier alpha value is -3.82. The fourth-order valence-corrected chi connectivity index (χ4v) is 2.75. The Morgan fingerprint density at radius 1 is 0.966 bits per heavy atom. The number of alkyl halides is 3. The Morgan fingerprint density at radius 2 is 1.66 bits per heavy atom. The van der Waals surface area contributed by atoms with E-state index in [1.807, 2.05) is 0 Å². The molecule has 0 saturated heterocycles.